The lowest BCUT2D eigenvalue weighted by molar-refractivity contribution is 0.418. The third-order valence-corrected chi connectivity index (χ3v) is 3.14. The molecule has 0 spiro atoms. The lowest BCUT2D eigenvalue weighted by Gasteiger charge is -2.11. The number of aliphatic hydroxyl groups is 1. The predicted molar refractivity (Wildman–Crippen MR) is 77.6 cm³/mol. The number of benzene rings is 1. The standard InChI is InChI=1S/C15H15FN2O2/c1-8(17-3)15(9(2)19)10-7-13-11(6-12(10)16)14(20)4-5-18-13/h4-7,19H,1-3H3,(H,18,20)/b15-9+,17-8-. The molecule has 0 fully saturated rings. The van der Waals surface area contributed by atoms with Crippen molar-refractivity contribution >= 4 is 22.2 Å². The summed E-state index contributed by atoms with van der Waals surface area (Å²) in [5.41, 5.74) is 1.50. The number of hydrogen-bond acceptors (Lipinski definition) is 4. The summed E-state index contributed by atoms with van der Waals surface area (Å²) in [7, 11) is 1.57. The van der Waals surface area contributed by atoms with Gasteiger partial charge in [0.05, 0.1) is 11.3 Å². The van der Waals surface area contributed by atoms with Gasteiger partial charge in [-0.15, -0.1) is 0 Å². The van der Waals surface area contributed by atoms with Crippen LogP contribution in [0.1, 0.15) is 19.4 Å². The lowest BCUT2D eigenvalue weighted by atomic mass is 9.98. The van der Waals surface area contributed by atoms with Crippen LogP contribution >= 0.6 is 0 Å². The molecule has 0 saturated heterocycles. The van der Waals surface area contributed by atoms with E-state index in [0.717, 1.165) is 0 Å². The van der Waals surface area contributed by atoms with Crippen molar-refractivity contribution in [1.29, 1.82) is 0 Å². The zero-order chi connectivity index (χ0) is 14.9. The second-order valence-electron chi connectivity index (χ2n) is 4.45. The normalized spacial score (nSPS) is 13.5. The molecule has 0 bridgehead atoms. The number of halogens is 1. The van der Waals surface area contributed by atoms with Crippen LogP contribution in [0.15, 0.2) is 35.1 Å². The van der Waals surface area contributed by atoms with Gasteiger partial charge >= 0.3 is 0 Å². The molecule has 0 aliphatic heterocycles. The quantitative estimate of drug-likeness (QED) is 0.651. The number of rotatable bonds is 2. The summed E-state index contributed by atoms with van der Waals surface area (Å²) in [6.07, 6.45) is 1.44. The van der Waals surface area contributed by atoms with Crippen LogP contribution in [0.2, 0.25) is 0 Å². The molecule has 1 heterocycles. The van der Waals surface area contributed by atoms with Gasteiger partial charge in [0.15, 0.2) is 0 Å². The monoisotopic (exact) mass is 274 g/mol. The van der Waals surface area contributed by atoms with Crippen LogP contribution in [0.4, 0.5) is 4.39 Å². The van der Waals surface area contributed by atoms with Crippen molar-refractivity contribution in [2.45, 2.75) is 13.8 Å². The minimum absolute atomic E-state index is 0.0218. The molecule has 0 unspecified atom stereocenters. The Morgan fingerprint density at radius 3 is 2.60 bits per heavy atom. The van der Waals surface area contributed by atoms with Gasteiger partial charge in [0, 0.05) is 35.5 Å². The highest BCUT2D eigenvalue weighted by atomic mass is 19.1. The Bertz CT molecular complexity index is 732. The SMILES string of the molecule is C/N=C(C)\C(=C(\C)O)c1cc2nccc(O)c2cc1F. The number of aliphatic imine (C=N–C) groups is 1. The molecule has 0 radical (unpaired) electrons. The van der Waals surface area contributed by atoms with Crippen molar-refractivity contribution in [2.75, 3.05) is 7.05 Å². The van der Waals surface area contributed by atoms with Crippen molar-refractivity contribution in [3.8, 4) is 5.75 Å². The summed E-state index contributed by atoms with van der Waals surface area (Å²) in [6, 6.07) is 4.10. The van der Waals surface area contributed by atoms with E-state index in [0.29, 0.717) is 22.2 Å². The second-order valence-corrected chi connectivity index (χ2v) is 4.45. The van der Waals surface area contributed by atoms with Crippen LogP contribution in [-0.4, -0.2) is 28.0 Å². The highest BCUT2D eigenvalue weighted by Crippen LogP contribution is 2.30. The Balaban J connectivity index is 2.78. The molecule has 2 N–H and O–H groups in total. The number of hydrogen-bond donors (Lipinski definition) is 2. The summed E-state index contributed by atoms with van der Waals surface area (Å²) >= 11 is 0. The zero-order valence-electron chi connectivity index (χ0n) is 11.5. The van der Waals surface area contributed by atoms with E-state index in [1.54, 1.807) is 14.0 Å². The lowest BCUT2D eigenvalue weighted by Crippen LogP contribution is -2.03. The number of nitrogens with zero attached hydrogens (tertiary/aromatic N) is 2. The third-order valence-electron chi connectivity index (χ3n) is 3.14. The molecule has 0 atom stereocenters. The number of allylic oxidation sites excluding steroid dienone is 2. The maximum atomic E-state index is 14.3. The van der Waals surface area contributed by atoms with E-state index in [-0.39, 0.29) is 17.1 Å². The maximum Gasteiger partial charge on any atom is 0.132 e. The van der Waals surface area contributed by atoms with E-state index in [1.807, 2.05) is 0 Å². The molecule has 0 aliphatic carbocycles. The predicted octanol–water partition coefficient (Wildman–Crippen LogP) is 3.46. The van der Waals surface area contributed by atoms with Crippen LogP contribution in [0, 0.1) is 5.82 Å². The minimum Gasteiger partial charge on any atom is -0.512 e. The van der Waals surface area contributed by atoms with Crippen LogP contribution in [0.25, 0.3) is 16.5 Å². The molecule has 20 heavy (non-hydrogen) atoms. The van der Waals surface area contributed by atoms with Crippen molar-refractivity contribution < 1.29 is 14.6 Å². The molecule has 0 saturated carbocycles. The van der Waals surface area contributed by atoms with Gasteiger partial charge in [0.25, 0.3) is 0 Å². The molecule has 5 heteroatoms. The molecule has 2 rings (SSSR count). The first kappa shape index (κ1) is 14.0. The molecule has 104 valence electrons. The number of aliphatic hydroxyl groups excluding tert-OH is 1. The summed E-state index contributed by atoms with van der Waals surface area (Å²) in [5.74, 6) is -0.605. The molecular weight excluding hydrogens is 259 g/mol. The highest BCUT2D eigenvalue weighted by Gasteiger charge is 2.16. The molecule has 0 aliphatic rings. The highest BCUT2D eigenvalue weighted by molar-refractivity contribution is 6.23. The van der Waals surface area contributed by atoms with Crippen LogP contribution in [0.5, 0.6) is 5.75 Å². The first-order chi connectivity index (χ1) is 9.45. The van der Waals surface area contributed by atoms with Crippen molar-refractivity contribution in [3.05, 3.63) is 41.5 Å². The van der Waals surface area contributed by atoms with Crippen LogP contribution < -0.4 is 0 Å². The number of pyridine rings is 1. The smallest absolute Gasteiger partial charge is 0.132 e. The van der Waals surface area contributed by atoms with Gasteiger partial charge in [0.2, 0.25) is 0 Å². The Kier molecular flexibility index (Phi) is 3.70. The van der Waals surface area contributed by atoms with Crippen molar-refractivity contribution in [1.82, 2.24) is 4.98 Å². The maximum absolute atomic E-state index is 14.3. The largest absolute Gasteiger partial charge is 0.512 e. The van der Waals surface area contributed by atoms with E-state index in [9.17, 15) is 14.6 Å². The third kappa shape index (κ3) is 2.34. The van der Waals surface area contributed by atoms with E-state index < -0.39 is 5.82 Å². The van der Waals surface area contributed by atoms with Gasteiger partial charge < -0.3 is 10.2 Å². The van der Waals surface area contributed by atoms with E-state index in [1.165, 1.54) is 31.3 Å². The Hall–Kier alpha value is -2.43. The van der Waals surface area contributed by atoms with E-state index in [4.69, 9.17) is 0 Å². The Morgan fingerprint density at radius 1 is 1.30 bits per heavy atom. The molecule has 0 amide bonds. The summed E-state index contributed by atoms with van der Waals surface area (Å²) in [5, 5.41) is 19.8. The number of aromatic nitrogens is 1. The molecule has 4 nitrogen and oxygen atoms in total. The van der Waals surface area contributed by atoms with Gasteiger partial charge in [-0.1, -0.05) is 0 Å². The number of fused-ring (bicyclic) bond motifs is 1. The average molecular weight is 274 g/mol. The first-order valence-electron chi connectivity index (χ1n) is 6.07. The van der Waals surface area contributed by atoms with Gasteiger partial charge in [-0.05, 0) is 32.0 Å². The van der Waals surface area contributed by atoms with Crippen molar-refractivity contribution in [2.24, 2.45) is 4.99 Å². The fourth-order valence-corrected chi connectivity index (χ4v) is 2.11. The van der Waals surface area contributed by atoms with Gasteiger partial charge in [-0.2, -0.15) is 0 Å². The molecule has 1 aromatic heterocycles. The first-order valence-corrected chi connectivity index (χ1v) is 6.07. The van der Waals surface area contributed by atoms with Gasteiger partial charge in [0.1, 0.15) is 11.6 Å². The Labute approximate surface area is 115 Å². The van der Waals surface area contributed by atoms with Crippen molar-refractivity contribution in [3.63, 3.8) is 0 Å². The fourth-order valence-electron chi connectivity index (χ4n) is 2.11. The van der Waals surface area contributed by atoms with E-state index >= 15 is 0 Å². The second kappa shape index (κ2) is 5.28. The van der Waals surface area contributed by atoms with Crippen LogP contribution in [-0.2, 0) is 0 Å². The topological polar surface area (TPSA) is 65.7 Å². The Morgan fingerprint density at radius 2 is 2.00 bits per heavy atom. The zero-order valence-corrected chi connectivity index (χ0v) is 11.5. The summed E-state index contributed by atoms with van der Waals surface area (Å²) in [6.45, 7) is 3.16. The fraction of sp³-hybridized carbons (Fsp3) is 0.200. The minimum atomic E-state index is -0.549. The molecule has 1 aromatic carbocycles. The van der Waals surface area contributed by atoms with Gasteiger partial charge in [-0.3, -0.25) is 9.98 Å². The number of aromatic hydroxyl groups is 1. The average Bonchev–Trinajstić information content (AvgIpc) is 2.40. The summed E-state index contributed by atoms with van der Waals surface area (Å²) in [4.78, 5) is 8.09. The van der Waals surface area contributed by atoms with Crippen LogP contribution in [0.3, 0.4) is 0 Å². The van der Waals surface area contributed by atoms with E-state index in [2.05, 4.69) is 9.98 Å². The molecule has 2 aromatic rings. The van der Waals surface area contributed by atoms with Gasteiger partial charge in [-0.25, -0.2) is 4.39 Å². The summed E-state index contributed by atoms with van der Waals surface area (Å²) < 4.78 is 14.3. The molecular formula is C15H15FN2O2.